The summed E-state index contributed by atoms with van der Waals surface area (Å²) in [5.74, 6) is 1.86. The molecule has 0 aliphatic rings. The maximum absolute atomic E-state index is 6.01. The normalized spacial score (nSPS) is 12.1. The van der Waals surface area contributed by atoms with Gasteiger partial charge in [0.25, 0.3) is 0 Å². The van der Waals surface area contributed by atoms with Crippen LogP contribution in [0.5, 0.6) is 0 Å². The molecule has 0 N–H and O–H groups in total. The van der Waals surface area contributed by atoms with Crippen LogP contribution in [0.25, 0.3) is 28.5 Å². The molecule has 0 fully saturated rings. The van der Waals surface area contributed by atoms with Crippen LogP contribution in [0.4, 0.5) is 0 Å². The second-order valence-corrected chi connectivity index (χ2v) is 9.23. The number of benzene rings is 3. The van der Waals surface area contributed by atoms with Crippen molar-refractivity contribution in [2.75, 3.05) is 0 Å². The molecule has 0 aliphatic carbocycles. The van der Waals surface area contributed by atoms with Crippen LogP contribution in [-0.2, 0) is 0 Å². The summed E-state index contributed by atoms with van der Waals surface area (Å²) in [6, 6.07) is 26.5. The highest BCUT2D eigenvalue weighted by Crippen LogP contribution is 2.37. The average molecular weight is 454 g/mol. The van der Waals surface area contributed by atoms with E-state index in [0.717, 1.165) is 33.4 Å². The van der Waals surface area contributed by atoms with Crippen molar-refractivity contribution >= 4 is 11.8 Å². The van der Waals surface area contributed by atoms with Crippen molar-refractivity contribution < 1.29 is 4.42 Å². The van der Waals surface area contributed by atoms with Gasteiger partial charge in [-0.3, -0.25) is 4.57 Å². The van der Waals surface area contributed by atoms with E-state index < -0.39 is 0 Å². The van der Waals surface area contributed by atoms with Gasteiger partial charge in [-0.15, -0.1) is 20.4 Å². The van der Waals surface area contributed by atoms with Crippen molar-refractivity contribution in [3.05, 3.63) is 95.9 Å². The summed E-state index contributed by atoms with van der Waals surface area (Å²) in [7, 11) is 0. The number of nitrogens with zero attached hydrogens (tertiary/aromatic N) is 5. The van der Waals surface area contributed by atoms with Crippen LogP contribution in [0.1, 0.15) is 29.2 Å². The fourth-order valence-corrected chi connectivity index (χ4v) is 4.45. The second kappa shape index (κ2) is 9.03. The van der Waals surface area contributed by atoms with Gasteiger partial charge in [0.05, 0.1) is 5.25 Å². The van der Waals surface area contributed by atoms with Gasteiger partial charge < -0.3 is 4.42 Å². The van der Waals surface area contributed by atoms with Crippen LogP contribution in [-0.4, -0.2) is 25.0 Å². The van der Waals surface area contributed by atoms with Crippen molar-refractivity contribution in [2.45, 2.75) is 31.2 Å². The molecular formula is C26H23N5OS. The highest BCUT2D eigenvalue weighted by molar-refractivity contribution is 7.99. The average Bonchev–Trinajstić information content (AvgIpc) is 3.48. The lowest BCUT2D eigenvalue weighted by Crippen LogP contribution is -2.01. The zero-order valence-corrected chi connectivity index (χ0v) is 19.5. The largest absolute Gasteiger partial charge is 0.419 e. The van der Waals surface area contributed by atoms with E-state index in [0.29, 0.717) is 11.8 Å². The third kappa shape index (κ3) is 4.45. The van der Waals surface area contributed by atoms with E-state index >= 15 is 0 Å². The molecule has 7 heteroatoms. The van der Waals surface area contributed by atoms with Crippen molar-refractivity contribution in [3.63, 3.8) is 0 Å². The van der Waals surface area contributed by atoms with Gasteiger partial charge in [-0.1, -0.05) is 77.5 Å². The molecule has 2 aromatic heterocycles. The standard InChI is InChI=1S/C26H23N5OS/c1-17-12-14-22(15-13-17)31-23(20-9-5-4-6-10-20)27-30-26(31)33-19(3)24-28-29-25(32-24)21-11-7-8-18(2)16-21/h4-16,19H,1-3H3. The fourth-order valence-electron chi connectivity index (χ4n) is 3.55. The summed E-state index contributed by atoms with van der Waals surface area (Å²) in [5, 5.41) is 18.3. The lowest BCUT2D eigenvalue weighted by Gasteiger charge is -2.12. The molecule has 5 rings (SSSR count). The molecule has 33 heavy (non-hydrogen) atoms. The second-order valence-electron chi connectivity index (χ2n) is 7.92. The Morgan fingerprint density at radius 2 is 1.52 bits per heavy atom. The van der Waals surface area contributed by atoms with Gasteiger partial charge in [0.15, 0.2) is 11.0 Å². The quantitative estimate of drug-likeness (QED) is 0.275. The summed E-state index contributed by atoms with van der Waals surface area (Å²) >= 11 is 1.54. The van der Waals surface area contributed by atoms with Crippen LogP contribution in [0, 0.1) is 13.8 Å². The summed E-state index contributed by atoms with van der Waals surface area (Å²) < 4.78 is 8.09. The number of hydrogen-bond donors (Lipinski definition) is 0. The van der Waals surface area contributed by atoms with E-state index in [1.54, 1.807) is 11.8 Å². The third-order valence-corrected chi connectivity index (χ3v) is 6.32. The number of thioether (sulfide) groups is 1. The predicted octanol–water partition coefficient (Wildman–Crippen LogP) is 6.45. The van der Waals surface area contributed by atoms with E-state index in [-0.39, 0.29) is 5.25 Å². The number of aryl methyl sites for hydroxylation is 2. The van der Waals surface area contributed by atoms with Gasteiger partial charge in [0, 0.05) is 16.8 Å². The van der Waals surface area contributed by atoms with Crippen molar-refractivity contribution in [1.82, 2.24) is 25.0 Å². The van der Waals surface area contributed by atoms with E-state index in [1.165, 1.54) is 5.56 Å². The van der Waals surface area contributed by atoms with E-state index in [1.807, 2.05) is 68.4 Å². The smallest absolute Gasteiger partial charge is 0.247 e. The lowest BCUT2D eigenvalue weighted by molar-refractivity contribution is 0.509. The van der Waals surface area contributed by atoms with Gasteiger partial charge in [0.1, 0.15) is 0 Å². The molecule has 3 aromatic carbocycles. The molecule has 6 nitrogen and oxygen atoms in total. The number of hydrogen-bond acceptors (Lipinski definition) is 6. The van der Waals surface area contributed by atoms with Crippen LogP contribution < -0.4 is 0 Å². The Labute approximate surface area is 196 Å². The van der Waals surface area contributed by atoms with Crippen LogP contribution >= 0.6 is 11.8 Å². The molecule has 0 saturated carbocycles. The minimum Gasteiger partial charge on any atom is -0.419 e. The molecule has 2 heterocycles. The van der Waals surface area contributed by atoms with Gasteiger partial charge in [-0.2, -0.15) is 0 Å². The lowest BCUT2D eigenvalue weighted by atomic mass is 10.1. The maximum Gasteiger partial charge on any atom is 0.247 e. The van der Waals surface area contributed by atoms with Gasteiger partial charge in [-0.25, -0.2) is 0 Å². The van der Waals surface area contributed by atoms with Gasteiger partial charge in [-0.05, 0) is 45.0 Å². The summed E-state index contributed by atoms with van der Waals surface area (Å²) in [4.78, 5) is 0. The summed E-state index contributed by atoms with van der Waals surface area (Å²) in [5.41, 5.74) is 5.27. The monoisotopic (exact) mass is 453 g/mol. The molecule has 164 valence electrons. The van der Waals surface area contributed by atoms with Crippen molar-refractivity contribution in [3.8, 4) is 28.5 Å². The molecular weight excluding hydrogens is 430 g/mol. The first-order chi connectivity index (χ1) is 16.1. The molecule has 0 bridgehead atoms. The molecule has 0 amide bonds. The summed E-state index contributed by atoms with van der Waals surface area (Å²) in [6.45, 7) is 6.16. The first-order valence-electron chi connectivity index (χ1n) is 10.7. The predicted molar refractivity (Wildman–Crippen MR) is 130 cm³/mol. The minimum atomic E-state index is -0.104. The Balaban J connectivity index is 1.48. The molecule has 0 saturated heterocycles. The first-order valence-corrected chi connectivity index (χ1v) is 11.6. The Morgan fingerprint density at radius 1 is 0.758 bits per heavy atom. The fraction of sp³-hybridized carbons (Fsp3) is 0.154. The zero-order chi connectivity index (χ0) is 22.8. The molecule has 0 aliphatic heterocycles. The minimum absolute atomic E-state index is 0.104. The van der Waals surface area contributed by atoms with Gasteiger partial charge in [0.2, 0.25) is 11.8 Å². The van der Waals surface area contributed by atoms with E-state index in [2.05, 4.69) is 56.2 Å². The molecule has 1 atom stereocenters. The van der Waals surface area contributed by atoms with Crippen molar-refractivity contribution in [1.29, 1.82) is 0 Å². The zero-order valence-electron chi connectivity index (χ0n) is 18.6. The Hall–Kier alpha value is -3.71. The number of rotatable bonds is 6. The Morgan fingerprint density at radius 3 is 2.27 bits per heavy atom. The van der Waals surface area contributed by atoms with Crippen LogP contribution in [0.3, 0.4) is 0 Å². The SMILES string of the molecule is Cc1ccc(-n2c(SC(C)c3nnc(-c4cccc(C)c4)o3)nnc2-c2ccccc2)cc1. The van der Waals surface area contributed by atoms with E-state index in [4.69, 9.17) is 4.42 Å². The molecule has 0 spiro atoms. The molecule has 5 aromatic rings. The third-order valence-electron chi connectivity index (χ3n) is 5.29. The van der Waals surface area contributed by atoms with Crippen LogP contribution in [0.15, 0.2) is 88.4 Å². The van der Waals surface area contributed by atoms with Crippen molar-refractivity contribution in [2.24, 2.45) is 0 Å². The molecule has 0 radical (unpaired) electrons. The Kier molecular flexibility index (Phi) is 5.79. The summed E-state index contributed by atoms with van der Waals surface area (Å²) in [6.07, 6.45) is 0. The van der Waals surface area contributed by atoms with E-state index in [9.17, 15) is 0 Å². The topological polar surface area (TPSA) is 69.6 Å². The maximum atomic E-state index is 6.01. The number of aromatic nitrogens is 5. The highest BCUT2D eigenvalue weighted by Gasteiger charge is 2.22. The first kappa shape index (κ1) is 21.2. The van der Waals surface area contributed by atoms with Crippen LogP contribution in [0.2, 0.25) is 0 Å². The Bertz CT molecular complexity index is 1380. The highest BCUT2D eigenvalue weighted by atomic mass is 32.2. The molecule has 1 unspecified atom stereocenters. The van der Waals surface area contributed by atoms with Gasteiger partial charge >= 0.3 is 0 Å².